The maximum Gasteiger partial charge on any atom is 0.232 e. The van der Waals surface area contributed by atoms with Gasteiger partial charge in [0.25, 0.3) is 0 Å². The highest BCUT2D eigenvalue weighted by Gasteiger charge is 2.33. The first kappa shape index (κ1) is 13.1. The maximum atomic E-state index is 12.3. The van der Waals surface area contributed by atoms with E-state index in [2.05, 4.69) is 6.07 Å². The lowest BCUT2D eigenvalue weighted by Crippen LogP contribution is -2.36. The molecule has 0 aliphatic heterocycles. The van der Waals surface area contributed by atoms with Crippen LogP contribution in [0.5, 0.6) is 0 Å². The van der Waals surface area contributed by atoms with Gasteiger partial charge in [0.1, 0.15) is 0 Å². The second-order valence-corrected chi connectivity index (χ2v) is 5.35. The van der Waals surface area contributed by atoms with Crippen LogP contribution in [-0.4, -0.2) is 24.2 Å². The highest BCUT2D eigenvalue weighted by atomic mass is 16.3. The number of aliphatic hydroxyl groups is 1. The predicted octanol–water partition coefficient (Wildman–Crippen LogP) is 2.43. The molecule has 0 heterocycles. The third kappa shape index (κ3) is 2.56. The molecule has 3 nitrogen and oxygen atoms in total. The van der Waals surface area contributed by atoms with Crippen molar-refractivity contribution in [3.05, 3.63) is 29.3 Å². The Morgan fingerprint density at radius 2 is 1.83 bits per heavy atom. The van der Waals surface area contributed by atoms with Crippen LogP contribution >= 0.6 is 0 Å². The Hall–Kier alpha value is -1.35. The molecular weight excluding hydrogens is 226 g/mol. The van der Waals surface area contributed by atoms with Gasteiger partial charge in [-0.2, -0.15) is 0 Å². The summed E-state index contributed by atoms with van der Waals surface area (Å²) in [7, 11) is 1.79. The number of carbonyl (C=O) groups is 1. The van der Waals surface area contributed by atoms with Gasteiger partial charge in [0.15, 0.2) is 0 Å². The normalized spacial score (nSPS) is 23.1. The van der Waals surface area contributed by atoms with E-state index in [0.717, 1.165) is 36.1 Å². The zero-order valence-corrected chi connectivity index (χ0v) is 11.3. The van der Waals surface area contributed by atoms with Crippen LogP contribution in [0.15, 0.2) is 18.2 Å². The number of rotatable bonds is 2. The molecule has 0 spiro atoms. The van der Waals surface area contributed by atoms with Crippen LogP contribution in [-0.2, 0) is 4.79 Å². The van der Waals surface area contributed by atoms with Gasteiger partial charge in [-0.3, -0.25) is 4.79 Å². The van der Waals surface area contributed by atoms with Gasteiger partial charge in [-0.15, -0.1) is 0 Å². The van der Waals surface area contributed by atoms with Gasteiger partial charge >= 0.3 is 0 Å². The smallest absolute Gasteiger partial charge is 0.232 e. The third-order valence-electron chi connectivity index (χ3n) is 3.72. The lowest BCUT2D eigenvalue weighted by atomic mass is 10.0. The molecule has 1 saturated carbocycles. The minimum Gasteiger partial charge on any atom is -0.392 e. The van der Waals surface area contributed by atoms with Gasteiger partial charge in [-0.05, 0) is 56.4 Å². The van der Waals surface area contributed by atoms with Crippen LogP contribution in [0, 0.1) is 19.8 Å². The molecule has 1 aromatic rings. The molecule has 0 bridgehead atoms. The Kier molecular flexibility index (Phi) is 3.71. The molecule has 1 amide bonds. The molecule has 18 heavy (non-hydrogen) atoms. The molecule has 3 heteroatoms. The molecule has 2 rings (SSSR count). The van der Waals surface area contributed by atoms with Crippen molar-refractivity contribution in [2.24, 2.45) is 5.92 Å². The fourth-order valence-corrected chi connectivity index (χ4v) is 2.75. The van der Waals surface area contributed by atoms with Crippen LogP contribution in [0.25, 0.3) is 0 Å². The lowest BCUT2D eigenvalue weighted by molar-refractivity contribution is -0.124. The molecule has 1 aliphatic rings. The number of amides is 1. The summed E-state index contributed by atoms with van der Waals surface area (Å²) in [4.78, 5) is 14.0. The van der Waals surface area contributed by atoms with E-state index in [1.807, 2.05) is 26.0 Å². The molecule has 0 saturated heterocycles. The van der Waals surface area contributed by atoms with Crippen LogP contribution in [0.4, 0.5) is 5.69 Å². The summed E-state index contributed by atoms with van der Waals surface area (Å²) in [6.45, 7) is 4.05. The number of carbonyl (C=O) groups excluding carboxylic acids is 1. The van der Waals surface area contributed by atoms with Crippen molar-refractivity contribution >= 4 is 11.6 Å². The van der Waals surface area contributed by atoms with Gasteiger partial charge in [-0.25, -0.2) is 0 Å². The van der Waals surface area contributed by atoms with E-state index in [1.54, 1.807) is 11.9 Å². The summed E-state index contributed by atoms with van der Waals surface area (Å²) < 4.78 is 0. The molecule has 1 N–H and O–H groups in total. The van der Waals surface area contributed by atoms with E-state index < -0.39 is 6.10 Å². The Morgan fingerprint density at radius 1 is 1.22 bits per heavy atom. The summed E-state index contributed by atoms with van der Waals surface area (Å²) in [5.41, 5.74) is 3.21. The second-order valence-electron chi connectivity index (χ2n) is 5.35. The van der Waals surface area contributed by atoms with Crippen molar-refractivity contribution in [3.63, 3.8) is 0 Å². The maximum absolute atomic E-state index is 12.3. The van der Waals surface area contributed by atoms with Crippen molar-refractivity contribution in [2.75, 3.05) is 11.9 Å². The van der Waals surface area contributed by atoms with Crippen molar-refractivity contribution in [1.29, 1.82) is 0 Å². The monoisotopic (exact) mass is 247 g/mol. The predicted molar refractivity (Wildman–Crippen MR) is 72.7 cm³/mol. The van der Waals surface area contributed by atoms with E-state index in [0.29, 0.717) is 0 Å². The average molecular weight is 247 g/mol. The van der Waals surface area contributed by atoms with E-state index in [9.17, 15) is 9.90 Å². The van der Waals surface area contributed by atoms with Crippen LogP contribution in [0.2, 0.25) is 0 Å². The Morgan fingerprint density at radius 3 is 2.33 bits per heavy atom. The van der Waals surface area contributed by atoms with Crippen LogP contribution in [0.3, 0.4) is 0 Å². The number of aliphatic hydroxyl groups excluding tert-OH is 1. The first-order valence-electron chi connectivity index (χ1n) is 6.53. The minimum atomic E-state index is -0.467. The quantitative estimate of drug-likeness (QED) is 0.872. The van der Waals surface area contributed by atoms with E-state index >= 15 is 0 Å². The summed E-state index contributed by atoms with van der Waals surface area (Å²) in [6, 6.07) is 6.10. The molecule has 98 valence electrons. The van der Waals surface area contributed by atoms with E-state index in [1.165, 1.54) is 0 Å². The Bertz CT molecular complexity index is 436. The number of benzene rings is 1. The first-order chi connectivity index (χ1) is 8.49. The van der Waals surface area contributed by atoms with Crippen molar-refractivity contribution in [1.82, 2.24) is 0 Å². The first-order valence-corrected chi connectivity index (χ1v) is 6.53. The van der Waals surface area contributed by atoms with Gasteiger partial charge in [0.05, 0.1) is 12.0 Å². The van der Waals surface area contributed by atoms with Crippen LogP contribution < -0.4 is 4.90 Å². The zero-order valence-electron chi connectivity index (χ0n) is 11.3. The Labute approximate surface area is 108 Å². The number of hydrogen-bond acceptors (Lipinski definition) is 2. The standard InChI is InChI=1S/C15H21NO2/c1-10-7-11(2)9-12(8-10)16(3)15(18)13-5-4-6-14(13)17/h7-9,13-14,17H,4-6H2,1-3H3. The largest absolute Gasteiger partial charge is 0.392 e. The van der Waals surface area contributed by atoms with Gasteiger partial charge in [0, 0.05) is 12.7 Å². The fraction of sp³-hybridized carbons (Fsp3) is 0.533. The fourth-order valence-electron chi connectivity index (χ4n) is 2.75. The highest BCUT2D eigenvalue weighted by molar-refractivity contribution is 5.95. The molecule has 0 aromatic heterocycles. The number of anilines is 1. The number of nitrogens with zero attached hydrogens (tertiary/aromatic N) is 1. The van der Waals surface area contributed by atoms with Crippen molar-refractivity contribution in [3.8, 4) is 0 Å². The molecular formula is C15H21NO2. The SMILES string of the molecule is Cc1cc(C)cc(N(C)C(=O)C2CCCC2O)c1. The summed E-state index contributed by atoms with van der Waals surface area (Å²) in [5.74, 6) is -0.194. The molecule has 2 atom stereocenters. The molecule has 2 unspecified atom stereocenters. The number of hydrogen-bond donors (Lipinski definition) is 1. The minimum absolute atomic E-state index is 0.0324. The Balaban J connectivity index is 2.19. The number of aryl methyl sites for hydroxylation is 2. The van der Waals surface area contributed by atoms with Crippen molar-refractivity contribution < 1.29 is 9.90 Å². The molecule has 0 radical (unpaired) electrons. The lowest BCUT2D eigenvalue weighted by Gasteiger charge is -2.23. The molecule has 1 aromatic carbocycles. The van der Waals surface area contributed by atoms with Crippen LogP contribution in [0.1, 0.15) is 30.4 Å². The summed E-state index contributed by atoms with van der Waals surface area (Å²) in [5, 5.41) is 9.82. The second kappa shape index (κ2) is 5.11. The third-order valence-corrected chi connectivity index (χ3v) is 3.72. The zero-order chi connectivity index (χ0) is 13.3. The van der Waals surface area contributed by atoms with Gasteiger partial charge in [-0.1, -0.05) is 6.07 Å². The van der Waals surface area contributed by atoms with Gasteiger partial charge in [0.2, 0.25) is 5.91 Å². The van der Waals surface area contributed by atoms with E-state index in [4.69, 9.17) is 0 Å². The summed E-state index contributed by atoms with van der Waals surface area (Å²) in [6.07, 6.45) is 2.02. The average Bonchev–Trinajstić information content (AvgIpc) is 2.72. The summed E-state index contributed by atoms with van der Waals surface area (Å²) >= 11 is 0. The topological polar surface area (TPSA) is 40.5 Å². The molecule has 1 aliphatic carbocycles. The van der Waals surface area contributed by atoms with Gasteiger partial charge < -0.3 is 10.0 Å². The van der Waals surface area contributed by atoms with Crippen molar-refractivity contribution in [2.45, 2.75) is 39.2 Å². The van der Waals surface area contributed by atoms with E-state index in [-0.39, 0.29) is 11.8 Å². The highest BCUT2D eigenvalue weighted by Crippen LogP contribution is 2.29. The molecule has 1 fully saturated rings.